The Morgan fingerprint density at radius 1 is 0.136 bits per heavy atom. The van der Waals surface area contributed by atoms with E-state index in [0.29, 0.717) is 0 Å². The summed E-state index contributed by atoms with van der Waals surface area (Å²) in [6.07, 6.45) is 0. The zero-order valence-electron chi connectivity index (χ0n) is 48.0. The monoisotopic (exact) mass is 1110 g/mol. The van der Waals surface area contributed by atoms with Gasteiger partial charge in [-0.3, -0.25) is 0 Å². The maximum atomic E-state index is 2.70. The lowest BCUT2D eigenvalue weighted by Crippen LogP contribution is -2.27. The molecule has 0 atom stereocenters. The molecule has 0 aliphatic heterocycles. The number of hydrogen-bond acceptors (Lipinski definition) is 0. The van der Waals surface area contributed by atoms with Gasteiger partial charge in [0.2, 0.25) is 0 Å². The SMILES string of the molecule is c1ccc(-c2c3ccccc3c(-c3ccc4c(c3)C3(c5ccccc5-c5ccccc53)c3cc5c(cc3-4)C3(c4ccccc4-c4ccccc43)c3cc(-c4c6ccccc6c(-c6ccccc6)c6ccccc46)c4ccccc4c3-5)c3ccccc23)cc1. The Morgan fingerprint density at radius 3 is 0.852 bits per heavy atom. The summed E-state index contributed by atoms with van der Waals surface area (Å²) < 4.78 is 0. The van der Waals surface area contributed by atoms with E-state index in [1.54, 1.807) is 0 Å². The van der Waals surface area contributed by atoms with Crippen LogP contribution in [0.5, 0.6) is 0 Å². The molecule has 0 amide bonds. The number of fused-ring (bicyclic) bond motifs is 26. The molecule has 0 aromatic heterocycles. The molecule has 4 aliphatic rings. The fraction of sp³-hybridized carbons (Fsp3) is 0.0227. The standard InChI is InChI=1S/C88H52/c1-3-25-53(26-4-1)82-63-35-9-11-37-65(63)84(66-38-12-10-36-64(66)82)55-47-48-61-71-50-80-73(52-79(71)87(78(61)49-55)74-43-21-17-30-57(74)58-31-18-22-44-75(58)87)86-62-34-8-7-29-56(62)72(51-81(86)88(80)76-45-23-19-32-59(76)60-33-20-24-46-77(60)88)85-69-41-15-13-39-67(69)83(54-27-5-2-6-28-54)68-40-14-16-42-70(68)85/h1-52H. The van der Waals surface area contributed by atoms with Crippen molar-refractivity contribution in [1.29, 1.82) is 0 Å². The van der Waals surface area contributed by atoms with Crippen LogP contribution in [-0.2, 0) is 10.8 Å². The van der Waals surface area contributed by atoms with Gasteiger partial charge in [-0.05, 0) is 212 Å². The summed E-state index contributed by atoms with van der Waals surface area (Å²) in [4.78, 5) is 0. The summed E-state index contributed by atoms with van der Waals surface area (Å²) in [6.45, 7) is 0. The molecule has 2 spiro atoms. The van der Waals surface area contributed by atoms with Gasteiger partial charge in [-0.1, -0.05) is 291 Å². The van der Waals surface area contributed by atoms with E-state index in [9.17, 15) is 0 Å². The van der Waals surface area contributed by atoms with Crippen LogP contribution in [0.2, 0.25) is 0 Å². The van der Waals surface area contributed by atoms with Crippen LogP contribution in [0.3, 0.4) is 0 Å². The molecule has 20 rings (SSSR count). The number of benzene rings is 16. The minimum Gasteiger partial charge on any atom is -0.0622 e. The molecule has 4 aliphatic carbocycles. The minimum atomic E-state index is -0.652. The lowest BCUT2D eigenvalue weighted by Gasteiger charge is -2.32. The van der Waals surface area contributed by atoms with Crippen LogP contribution in [0.25, 0.3) is 143 Å². The van der Waals surface area contributed by atoms with E-state index in [0.717, 1.165) is 0 Å². The van der Waals surface area contributed by atoms with Crippen LogP contribution in [0, 0.1) is 0 Å². The van der Waals surface area contributed by atoms with Crippen LogP contribution >= 0.6 is 0 Å². The largest absolute Gasteiger partial charge is 0.0726 e. The van der Waals surface area contributed by atoms with Gasteiger partial charge in [0.25, 0.3) is 0 Å². The van der Waals surface area contributed by atoms with Crippen molar-refractivity contribution in [2.75, 3.05) is 0 Å². The first-order chi connectivity index (χ1) is 43.7. The highest BCUT2D eigenvalue weighted by atomic mass is 14.6. The Kier molecular flexibility index (Phi) is 9.68. The zero-order valence-corrected chi connectivity index (χ0v) is 48.0. The smallest absolute Gasteiger partial charge is 0.0622 e. The van der Waals surface area contributed by atoms with Crippen molar-refractivity contribution in [2.24, 2.45) is 0 Å². The molecule has 16 aromatic carbocycles. The lowest BCUT2D eigenvalue weighted by molar-refractivity contribution is 0.784. The van der Waals surface area contributed by atoms with Crippen LogP contribution in [0.15, 0.2) is 315 Å². The van der Waals surface area contributed by atoms with Gasteiger partial charge in [-0.25, -0.2) is 0 Å². The molecule has 0 heteroatoms. The molecule has 0 radical (unpaired) electrons. The second kappa shape index (κ2) is 17.7. The first-order valence-electron chi connectivity index (χ1n) is 31.0. The maximum absolute atomic E-state index is 2.70. The van der Waals surface area contributed by atoms with Crippen molar-refractivity contribution >= 4 is 53.9 Å². The highest BCUT2D eigenvalue weighted by Gasteiger charge is 2.57. The molecule has 0 bridgehead atoms. The minimum absolute atomic E-state index is 0.631. The van der Waals surface area contributed by atoms with E-state index in [1.807, 2.05) is 0 Å². The maximum Gasteiger partial charge on any atom is 0.0726 e. The first-order valence-corrected chi connectivity index (χ1v) is 31.0. The summed E-state index contributed by atoms with van der Waals surface area (Å²) in [5.41, 5.74) is 29.9. The molecule has 0 fully saturated rings. The quantitative estimate of drug-likeness (QED) is 0.154. The van der Waals surface area contributed by atoms with E-state index >= 15 is 0 Å². The fourth-order valence-corrected chi connectivity index (χ4v) is 17.7. The molecule has 88 heavy (non-hydrogen) atoms. The van der Waals surface area contributed by atoms with E-state index in [-0.39, 0.29) is 0 Å². The van der Waals surface area contributed by atoms with Gasteiger partial charge < -0.3 is 0 Å². The third-order valence-electron chi connectivity index (χ3n) is 20.8. The highest BCUT2D eigenvalue weighted by molar-refractivity contribution is 6.26. The first kappa shape index (κ1) is 48.1. The fourth-order valence-electron chi connectivity index (χ4n) is 17.7. The predicted molar refractivity (Wildman–Crippen MR) is 368 cm³/mol. The van der Waals surface area contributed by atoms with Crippen LogP contribution in [0.4, 0.5) is 0 Å². The Morgan fingerprint density at radius 2 is 0.420 bits per heavy atom. The van der Waals surface area contributed by atoms with Gasteiger partial charge in [0.15, 0.2) is 0 Å². The summed E-state index contributed by atoms with van der Waals surface area (Å²) in [6, 6.07) is 121. The number of hydrogen-bond donors (Lipinski definition) is 0. The average Bonchev–Trinajstić information content (AvgIpc) is 1.49. The molecule has 0 heterocycles. The van der Waals surface area contributed by atoms with E-state index in [2.05, 4.69) is 315 Å². The zero-order chi connectivity index (χ0) is 57.4. The molecule has 404 valence electrons. The molecule has 0 saturated carbocycles. The van der Waals surface area contributed by atoms with Crippen molar-refractivity contribution < 1.29 is 0 Å². The number of rotatable bonds is 4. The molecule has 0 unspecified atom stereocenters. The van der Waals surface area contributed by atoms with Gasteiger partial charge in [0, 0.05) is 0 Å². The van der Waals surface area contributed by atoms with Gasteiger partial charge >= 0.3 is 0 Å². The van der Waals surface area contributed by atoms with Crippen LogP contribution in [-0.4, -0.2) is 0 Å². The average molecular weight is 1110 g/mol. The molecule has 0 nitrogen and oxygen atoms in total. The van der Waals surface area contributed by atoms with Crippen molar-refractivity contribution in [1.82, 2.24) is 0 Å². The second-order valence-electron chi connectivity index (χ2n) is 24.7. The Labute approximate surface area is 510 Å². The summed E-state index contributed by atoms with van der Waals surface area (Å²) in [7, 11) is 0. The van der Waals surface area contributed by atoms with E-state index in [4.69, 9.17) is 0 Å². The summed E-state index contributed by atoms with van der Waals surface area (Å²) in [5.74, 6) is 0. The van der Waals surface area contributed by atoms with E-state index in [1.165, 1.54) is 187 Å². The Bertz CT molecular complexity index is 5540. The Hall–Kier alpha value is -11.2. The molecule has 16 aromatic rings. The molecule has 0 N–H and O–H groups in total. The lowest BCUT2D eigenvalue weighted by atomic mass is 9.68. The molecular formula is C88H52. The summed E-state index contributed by atoms with van der Waals surface area (Å²) >= 11 is 0. The Balaban J connectivity index is 0.919. The van der Waals surface area contributed by atoms with E-state index < -0.39 is 10.8 Å². The second-order valence-corrected chi connectivity index (χ2v) is 24.7. The topological polar surface area (TPSA) is 0 Å². The van der Waals surface area contributed by atoms with Gasteiger partial charge in [0.05, 0.1) is 10.8 Å². The van der Waals surface area contributed by atoms with Gasteiger partial charge in [-0.2, -0.15) is 0 Å². The van der Waals surface area contributed by atoms with Crippen molar-refractivity contribution in [3.8, 4) is 89.0 Å². The highest BCUT2D eigenvalue weighted by Crippen LogP contribution is 2.69. The van der Waals surface area contributed by atoms with Crippen LogP contribution < -0.4 is 0 Å². The third kappa shape index (κ3) is 5.99. The normalized spacial score (nSPS) is 13.9. The van der Waals surface area contributed by atoms with Crippen LogP contribution in [0.1, 0.15) is 44.5 Å². The van der Waals surface area contributed by atoms with Gasteiger partial charge in [0.1, 0.15) is 0 Å². The van der Waals surface area contributed by atoms with Crippen molar-refractivity contribution in [2.45, 2.75) is 10.8 Å². The van der Waals surface area contributed by atoms with Gasteiger partial charge in [-0.15, -0.1) is 0 Å². The summed E-state index contributed by atoms with van der Waals surface area (Å²) in [5, 5.41) is 12.6. The molecular weight excluding hydrogens is 1060 g/mol. The predicted octanol–water partition coefficient (Wildman–Crippen LogP) is 22.8. The third-order valence-corrected chi connectivity index (χ3v) is 20.8. The van der Waals surface area contributed by atoms with Crippen molar-refractivity contribution in [3.63, 3.8) is 0 Å². The molecule has 0 saturated heterocycles. The van der Waals surface area contributed by atoms with Crippen molar-refractivity contribution in [3.05, 3.63) is 360 Å².